The minimum absolute atomic E-state index is 0. The van der Waals surface area contributed by atoms with Crippen molar-refractivity contribution < 1.29 is 4.74 Å². The van der Waals surface area contributed by atoms with E-state index in [0.29, 0.717) is 0 Å². The number of likely N-dealkylation sites (tertiary alicyclic amines) is 1. The second-order valence-corrected chi connectivity index (χ2v) is 5.78. The highest BCUT2D eigenvalue weighted by molar-refractivity contribution is 5.85. The van der Waals surface area contributed by atoms with Crippen LogP contribution in [0.25, 0.3) is 0 Å². The lowest BCUT2D eigenvalue weighted by Crippen LogP contribution is -2.49. The number of benzene rings is 1. The maximum Gasteiger partial charge on any atom is 0.123 e. The fraction of sp³-hybridized carbons (Fsp3) is 0.625. The van der Waals surface area contributed by atoms with Gasteiger partial charge in [-0.2, -0.15) is 0 Å². The largest absolute Gasteiger partial charge is 0.496 e. The number of nitrogens with one attached hydrogen (secondary N) is 1. The van der Waals surface area contributed by atoms with Crippen LogP contribution >= 0.6 is 12.4 Å². The first-order valence-electron chi connectivity index (χ1n) is 7.66. The quantitative estimate of drug-likeness (QED) is 0.914. The summed E-state index contributed by atoms with van der Waals surface area (Å²) in [4.78, 5) is 5.21. The summed E-state index contributed by atoms with van der Waals surface area (Å²) in [7, 11) is 1.76. The van der Waals surface area contributed by atoms with Crippen LogP contribution in [-0.4, -0.2) is 62.2 Å². The Kier molecular flexibility index (Phi) is 6.30. The Morgan fingerprint density at radius 1 is 1.19 bits per heavy atom. The van der Waals surface area contributed by atoms with E-state index in [-0.39, 0.29) is 12.4 Å². The van der Waals surface area contributed by atoms with Crippen LogP contribution in [0.2, 0.25) is 0 Å². The first-order chi connectivity index (χ1) is 9.86. The molecular weight excluding hydrogens is 286 g/mol. The molecule has 5 heteroatoms. The van der Waals surface area contributed by atoms with Crippen LogP contribution in [0, 0.1) is 0 Å². The van der Waals surface area contributed by atoms with Crippen molar-refractivity contribution in [1.82, 2.24) is 15.1 Å². The monoisotopic (exact) mass is 311 g/mol. The highest BCUT2D eigenvalue weighted by Crippen LogP contribution is 2.23. The molecule has 0 bridgehead atoms. The average Bonchev–Trinajstić information content (AvgIpc) is 2.97. The number of hydrogen-bond acceptors (Lipinski definition) is 4. The van der Waals surface area contributed by atoms with E-state index in [1.54, 1.807) is 7.11 Å². The molecule has 2 heterocycles. The molecule has 1 N–H and O–H groups in total. The van der Waals surface area contributed by atoms with Gasteiger partial charge in [-0.3, -0.25) is 9.80 Å². The summed E-state index contributed by atoms with van der Waals surface area (Å²) in [5.41, 5.74) is 1.30. The van der Waals surface area contributed by atoms with E-state index in [1.165, 1.54) is 38.2 Å². The Morgan fingerprint density at radius 2 is 1.95 bits per heavy atom. The van der Waals surface area contributed by atoms with Crippen LogP contribution in [-0.2, 0) is 6.54 Å². The summed E-state index contributed by atoms with van der Waals surface area (Å²) in [6.45, 7) is 8.09. The molecule has 1 aromatic rings. The summed E-state index contributed by atoms with van der Waals surface area (Å²) in [6.07, 6.45) is 1.30. The lowest BCUT2D eigenvalue weighted by Gasteiger charge is -2.32. The van der Waals surface area contributed by atoms with Gasteiger partial charge in [0.05, 0.1) is 7.11 Å². The van der Waals surface area contributed by atoms with Crippen molar-refractivity contribution in [3.8, 4) is 5.75 Å². The fourth-order valence-electron chi connectivity index (χ4n) is 3.38. The van der Waals surface area contributed by atoms with Gasteiger partial charge >= 0.3 is 0 Å². The molecule has 2 aliphatic rings. The van der Waals surface area contributed by atoms with Crippen LogP contribution in [0.5, 0.6) is 5.75 Å². The lowest BCUT2D eigenvalue weighted by atomic mass is 10.2. The zero-order valence-corrected chi connectivity index (χ0v) is 13.6. The zero-order chi connectivity index (χ0) is 13.8. The summed E-state index contributed by atoms with van der Waals surface area (Å²) < 4.78 is 5.45. The Labute approximate surface area is 133 Å². The molecule has 0 amide bonds. The summed E-state index contributed by atoms with van der Waals surface area (Å²) in [6, 6.07) is 9.11. The molecule has 0 saturated carbocycles. The van der Waals surface area contributed by atoms with E-state index in [9.17, 15) is 0 Å². The molecule has 1 aromatic carbocycles. The van der Waals surface area contributed by atoms with Crippen molar-refractivity contribution in [2.75, 3.05) is 46.4 Å². The molecule has 0 radical (unpaired) electrons. The normalized spacial score (nSPS) is 23.8. The van der Waals surface area contributed by atoms with E-state index < -0.39 is 0 Å². The predicted molar refractivity (Wildman–Crippen MR) is 88.4 cm³/mol. The Hall–Kier alpha value is -0.810. The number of halogens is 1. The number of piperazine rings is 1. The van der Waals surface area contributed by atoms with Gasteiger partial charge in [-0.1, -0.05) is 18.2 Å². The molecule has 0 aromatic heterocycles. The SMILES string of the molecule is COc1ccccc1CN1CCC(N2CCNCC2)C1.Cl. The predicted octanol–water partition coefficient (Wildman–Crippen LogP) is 1.60. The van der Waals surface area contributed by atoms with Gasteiger partial charge in [0, 0.05) is 57.4 Å². The van der Waals surface area contributed by atoms with Gasteiger partial charge in [0.2, 0.25) is 0 Å². The van der Waals surface area contributed by atoms with Gasteiger partial charge in [0.1, 0.15) is 5.75 Å². The van der Waals surface area contributed by atoms with Gasteiger partial charge in [-0.25, -0.2) is 0 Å². The van der Waals surface area contributed by atoms with Crippen molar-refractivity contribution in [2.24, 2.45) is 0 Å². The van der Waals surface area contributed by atoms with Crippen molar-refractivity contribution in [2.45, 2.75) is 19.0 Å². The molecule has 1 atom stereocenters. The third kappa shape index (κ3) is 4.10. The van der Waals surface area contributed by atoms with Gasteiger partial charge < -0.3 is 10.1 Å². The fourth-order valence-corrected chi connectivity index (χ4v) is 3.38. The van der Waals surface area contributed by atoms with Crippen molar-refractivity contribution in [3.05, 3.63) is 29.8 Å². The third-order valence-electron chi connectivity index (χ3n) is 4.50. The second-order valence-electron chi connectivity index (χ2n) is 5.78. The van der Waals surface area contributed by atoms with E-state index in [2.05, 4.69) is 33.3 Å². The van der Waals surface area contributed by atoms with E-state index in [4.69, 9.17) is 4.74 Å². The van der Waals surface area contributed by atoms with Gasteiger partial charge in [0.15, 0.2) is 0 Å². The Morgan fingerprint density at radius 3 is 2.71 bits per heavy atom. The van der Waals surface area contributed by atoms with Crippen LogP contribution < -0.4 is 10.1 Å². The van der Waals surface area contributed by atoms with Crippen LogP contribution in [0.1, 0.15) is 12.0 Å². The highest BCUT2D eigenvalue weighted by Gasteiger charge is 2.28. The maximum absolute atomic E-state index is 5.45. The second kappa shape index (κ2) is 7.99. The number of hydrogen-bond donors (Lipinski definition) is 1. The van der Waals surface area contributed by atoms with Crippen LogP contribution in [0.15, 0.2) is 24.3 Å². The summed E-state index contributed by atoms with van der Waals surface area (Å²) >= 11 is 0. The first-order valence-corrected chi connectivity index (χ1v) is 7.66. The maximum atomic E-state index is 5.45. The number of ether oxygens (including phenoxy) is 1. The minimum Gasteiger partial charge on any atom is -0.496 e. The average molecular weight is 312 g/mol. The molecular formula is C16H26ClN3O. The topological polar surface area (TPSA) is 27.7 Å². The molecule has 118 valence electrons. The Balaban J connectivity index is 0.00000161. The van der Waals surface area contributed by atoms with E-state index in [0.717, 1.165) is 31.4 Å². The minimum atomic E-state index is 0. The number of nitrogens with zero attached hydrogens (tertiary/aromatic N) is 2. The molecule has 1 unspecified atom stereocenters. The molecule has 21 heavy (non-hydrogen) atoms. The van der Waals surface area contributed by atoms with Gasteiger partial charge in [0.25, 0.3) is 0 Å². The molecule has 0 aliphatic carbocycles. The Bertz CT molecular complexity index is 437. The van der Waals surface area contributed by atoms with Gasteiger partial charge in [-0.05, 0) is 12.5 Å². The van der Waals surface area contributed by atoms with Crippen molar-refractivity contribution >= 4 is 12.4 Å². The molecule has 2 fully saturated rings. The molecule has 3 rings (SSSR count). The zero-order valence-electron chi connectivity index (χ0n) is 12.8. The van der Waals surface area contributed by atoms with E-state index in [1.807, 2.05) is 6.07 Å². The molecule has 2 aliphatic heterocycles. The van der Waals surface area contributed by atoms with Crippen molar-refractivity contribution in [1.29, 1.82) is 0 Å². The number of rotatable bonds is 4. The number of methoxy groups -OCH3 is 1. The van der Waals surface area contributed by atoms with Crippen LogP contribution in [0.4, 0.5) is 0 Å². The molecule has 2 saturated heterocycles. The third-order valence-corrected chi connectivity index (χ3v) is 4.50. The smallest absolute Gasteiger partial charge is 0.123 e. The van der Waals surface area contributed by atoms with Crippen LogP contribution in [0.3, 0.4) is 0 Å². The van der Waals surface area contributed by atoms with Crippen molar-refractivity contribution in [3.63, 3.8) is 0 Å². The summed E-state index contributed by atoms with van der Waals surface area (Å²) in [5.74, 6) is 1.01. The lowest BCUT2D eigenvalue weighted by molar-refractivity contribution is 0.170. The highest BCUT2D eigenvalue weighted by atomic mass is 35.5. The van der Waals surface area contributed by atoms with E-state index >= 15 is 0 Å². The molecule has 4 nitrogen and oxygen atoms in total. The van der Waals surface area contributed by atoms with Gasteiger partial charge in [-0.15, -0.1) is 12.4 Å². The standard InChI is InChI=1S/C16H25N3O.ClH/c1-20-16-5-3-2-4-14(16)12-18-9-6-15(13-18)19-10-7-17-8-11-19;/h2-5,15,17H,6-13H2,1H3;1H. The first kappa shape index (κ1) is 16.6. The number of para-hydroxylation sites is 1. The summed E-state index contributed by atoms with van der Waals surface area (Å²) in [5, 5.41) is 3.43. The molecule has 0 spiro atoms.